The Hall–Kier alpha value is 1.54. The average Bonchev–Trinajstić information content (AvgIpc) is 2.23. The van der Waals surface area contributed by atoms with Crippen LogP contribution in [0.3, 0.4) is 0 Å². The molecule has 0 aromatic heterocycles. The van der Waals surface area contributed by atoms with Crippen LogP contribution in [0.4, 0.5) is 0 Å². The molecule has 0 radical (unpaired) electrons. The number of rotatable bonds is 8. The maximum absolute atomic E-state index is 9.28. The summed E-state index contributed by atoms with van der Waals surface area (Å²) in [6.45, 7) is 9.33. The molecule has 0 heterocycles. The Kier molecular flexibility index (Phi) is 25.9. The van der Waals surface area contributed by atoms with Crippen LogP contribution in [-0.4, -0.2) is 29.7 Å². The van der Waals surface area contributed by atoms with Crippen LogP contribution in [-0.2, 0) is 9.59 Å². The third-order valence-corrected chi connectivity index (χ3v) is 3.53. The number of carboxylic acids is 2. The minimum Gasteiger partial charge on any atom is 1.00 e. The molecule has 0 aliphatic heterocycles. The predicted octanol–water partition coefficient (Wildman–Crippen LogP) is -5.16. The number of hydrogen-bond donors (Lipinski definition) is 0. The van der Waals surface area contributed by atoms with Crippen LogP contribution in [0.1, 0.15) is 66.2 Å². The van der Waals surface area contributed by atoms with Crippen molar-refractivity contribution in [3.8, 4) is 0 Å². The molecule has 0 aromatic carbocycles. The third kappa shape index (κ3) is 23.9. The fourth-order valence-corrected chi connectivity index (χ4v) is 1.41. The summed E-state index contributed by atoms with van der Waals surface area (Å²) in [5.41, 5.74) is 0. The molecule has 1 unspecified atom stereocenters. The van der Waals surface area contributed by atoms with Gasteiger partial charge in [-0.3, -0.25) is 0 Å². The minimum absolute atomic E-state index is 0. The van der Waals surface area contributed by atoms with Crippen molar-refractivity contribution in [3.63, 3.8) is 0 Å². The predicted molar refractivity (Wildman–Crippen MR) is 72.3 cm³/mol. The van der Waals surface area contributed by atoms with Gasteiger partial charge in [-0.15, -0.1) is 0 Å². The standard InChI is InChI=1S/C11H23.C3H4O4.Li.2Na/c1-5-6-7-8-9-11(4)10(2)3;4-2(5)1-3(6)7;;;/h10H,5-9H2,1-4H3;1H2,(H,4,5)(H,6,7);;;/q;;;2*+1/p-2. The van der Waals surface area contributed by atoms with Gasteiger partial charge in [0, 0.05) is 18.4 Å². The van der Waals surface area contributed by atoms with E-state index in [4.69, 9.17) is 0 Å². The zero-order valence-electron chi connectivity index (χ0n) is 15.0. The molecule has 0 aromatic rings. The van der Waals surface area contributed by atoms with Crippen LogP contribution >= 0.6 is 0 Å². The van der Waals surface area contributed by atoms with Gasteiger partial charge in [0.25, 0.3) is 0 Å². The van der Waals surface area contributed by atoms with Crippen molar-refractivity contribution in [2.75, 3.05) is 0 Å². The number of carboxylic acid groups (broad SMARTS) is 2. The molecular formula is C14H25LiNa2O4. The van der Waals surface area contributed by atoms with E-state index in [1.54, 1.807) is 0 Å². The van der Waals surface area contributed by atoms with Crippen molar-refractivity contribution in [2.24, 2.45) is 5.92 Å². The van der Waals surface area contributed by atoms with Gasteiger partial charge in [0.2, 0.25) is 0 Å². The molecule has 0 bridgehead atoms. The van der Waals surface area contributed by atoms with Crippen molar-refractivity contribution >= 4 is 29.7 Å². The molecule has 0 rings (SSSR count). The molecule has 1 atom stereocenters. The Labute approximate surface area is 183 Å². The second-order valence-electron chi connectivity index (χ2n) is 5.87. The van der Waals surface area contributed by atoms with E-state index < -0.39 is 18.4 Å². The Balaban J connectivity index is -0.000000140. The van der Waals surface area contributed by atoms with Gasteiger partial charge in [0.1, 0.15) is 0 Å². The van der Waals surface area contributed by atoms with E-state index in [9.17, 15) is 19.8 Å². The summed E-state index contributed by atoms with van der Waals surface area (Å²) in [5, 5.41) is 18.6. The second kappa shape index (κ2) is 17.9. The molecule has 0 amide bonds. The molecule has 0 fully saturated rings. The topological polar surface area (TPSA) is 80.3 Å². The summed E-state index contributed by atoms with van der Waals surface area (Å²) < 4.78 is 0.549. The Morgan fingerprint density at radius 1 is 1.05 bits per heavy atom. The first kappa shape index (κ1) is 30.4. The van der Waals surface area contributed by atoms with Gasteiger partial charge in [-0.1, -0.05) is 0 Å². The normalized spacial score (nSPS) is 12.1. The summed E-state index contributed by atoms with van der Waals surface area (Å²) in [6, 6.07) is 0. The molecule has 0 aliphatic rings. The third-order valence-electron chi connectivity index (χ3n) is 3.53. The smallest absolute Gasteiger partial charge is 1.00 e. The van der Waals surface area contributed by atoms with Crippen molar-refractivity contribution in [2.45, 2.75) is 70.3 Å². The van der Waals surface area contributed by atoms with E-state index in [0.29, 0.717) is 4.09 Å². The van der Waals surface area contributed by atoms with E-state index >= 15 is 0 Å². The van der Waals surface area contributed by atoms with Gasteiger partial charge in [-0.05, 0) is 0 Å². The Bertz CT molecular complexity index is 260. The van der Waals surface area contributed by atoms with Crippen molar-refractivity contribution < 1.29 is 78.9 Å². The Morgan fingerprint density at radius 2 is 1.48 bits per heavy atom. The largest absolute Gasteiger partial charge is 1.00 e. The van der Waals surface area contributed by atoms with Crippen LogP contribution in [0.25, 0.3) is 0 Å². The Morgan fingerprint density at radius 3 is 1.71 bits per heavy atom. The van der Waals surface area contributed by atoms with Crippen molar-refractivity contribution in [1.29, 1.82) is 0 Å². The maximum Gasteiger partial charge on any atom is 1.00 e. The van der Waals surface area contributed by atoms with Gasteiger partial charge in [0.15, 0.2) is 0 Å². The maximum atomic E-state index is 9.28. The van der Waals surface area contributed by atoms with Gasteiger partial charge in [0.05, 0.1) is 0 Å². The molecule has 0 saturated carbocycles. The number of carbonyl (C=O) groups excluding carboxylic acids is 2. The van der Waals surface area contributed by atoms with Gasteiger partial charge < -0.3 is 19.8 Å². The van der Waals surface area contributed by atoms with E-state index in [1.165, 1.54) is 32.1 Å². The molecule has 21 heavy (non-hydrogen) atoms. The molecular weight excluding hydrogens is 285 g/mol. The van der Waals surface area contributed by atoms with E-state index in [-0.39, 0.29) is 59.1 Å². The fourth-order valence-electron chi connectivity index (χ4n) is 1.41. The molecule has 0 spiro atoms. The fraction of sp³-hybridized carbons (Fsp3) is 0.857. The van der Waals surface area contributed by atoms with E-state index in [2.05, 4.69) is 45.4 Å². The summed E-state index contributed by atoms with van der Waals surface area (Å²) in [5.74, 6) is -2.43. The summed E-state index contributed by atoms with van der Waals surface area (Å²) in [7, 11) is 0. The molecule has 108 valence electrons. The van der Waals surface area contributed by atoms with Gasteiger partial charge >= 0.3 is 147 Å². The molecule has 0 N–H and O–H groups in total. The van der Waals surface area contributed by atoms with E-state index in [0.717, 1.165) is 5.92 Å². The SMILES string of the molecule is O=C([O-])CC(=O)[O-].[Li][C](C)(CCCCCC)C(C)C.[Na+].[Na+]. The average molecular weight is 310 g/mol. The quantitative estimate of drug-likeness (QED) is 0.255. The van der Waals surface area contributed by atoms with E-state index in [1.807, 2.05) is 0 Å². The monoisotopic (exact) mass is 310 g/mol. The molecule has 0 aliphatic carbocycles. The molecule has 0 saturated heterocycles. The second-order valence-corrected chi connectivity index (χ2v) is 5.87. The molecule has 4 nitrogen and oxygen atoms in total. The number of aliphatic carboxylic acids is 2. The summed E-state index contributed by atoms with van der Waals surface area (Å²) in [6.07, 6.45) is 5.96. The summed E-state index contributed by atoms with van der Waals surface area (Å²) >= 11 is 2.39. The zero-order chi connectivity index (χ0) is 15.5. The number of unbranched alkanes of at least 4 members (excludes halogenated alkanes) is 3. The first-order valence-electron chi connectivity index (χ1n) is 7.03. The first-order valence-corrected chi connectivity index (χ1v) is 7.03. The van der Waals surface area contributed by atoms with Crippen LogP contribution in [0.15, 0.2) is 0 Å². The van der Waals surface area contributed by atoms with Gasteiger partial charge in [-0.25, -0.2) is 0 Å². The first-order chi connectivity index (χ1) is 8.63. The molecule has 7 heteroatoms. The number of hydrogen-bond acceptors (Lipinski definition) is 4. The number of carbonyl (C=O) groups is 2. The van der Waals surface area contributed by atoms with Crippen molar-refractivity contribution in [1.82, 2.24) is 0 Å². The van der Waals surface area contributed by atoms with Crippen LogP contribution in [0, 0.1) is 5.92 Å². The van der Waals surface area contributed by atoms with Crippen LogP contribution in [0.2, 0.25) is 4.09 Å². The van der Waals surface area contributed by atoms with Crippen LogP contribution < -0.4 is 69.3 Å². The summed E-state index contributed by atoms with van der Waals surface area (Å²) in [4.78, 5) is 18.6. The zero-order valence-corrected chi connectivity index (χ0v) is 19.0. The minimum atomic E-state index is -1.63. The van der Waals surface area contributed by atoms with Crippen LogP contribution in [0.5, 0.6) is 0 Å². The van der Waals surface area contributed by atoms with Gasteiger partial charge in [-0.2, -0.15) is 0 Å². The van der Waals surface area contributed by atoms with Crippen molar-refractivity contribution in [3.05, 3.63) is 0 Å².